The lowest BCUT2D eigenvalue weighted by atomic mass is 10.1. The number of nitrogens with one attached hydrogen (secondary N) is 2. The molecule has 156 valence electrons. The van der Waals surface area contributed by atoms with Crippen LogP contribution >= 0.6 is 0 Å². The Kier molecular flexibility index (Phi) is 5.05. The van der Waals surface area contributed by atoms with Crippen LogP contribution in [0.3, 0.4) is 0 Å². The smallest absolute Gasteiger partial charge is 0.257 e. The van der Waals surface area contributed by atoms with Gasteiger partial charge in [-0.1, -0.05) is 12.1 Å². The van der Waals surface area contributed by atoms with E-state index in [9.17, 15) is 4.79 Å². The highest BCUT2D eigenvalue weighted by Crippen LogP contribution is 2.25. The number of aryl methyl sites for hydroxylation is 1. The van der Waals surface area contributed by atoms with Gasteiger partial charge in [-0.05, 0) is 29.7 Å². The fraction of sp³-hybridized carbons (Fsp3) is 0.217. The van der Waals surface area contributed by atoms with Crippen molar-refractivity contribution in [3.63, 3.8) is 0 Å². The third-order valence-corrected chi connectivity index (χ3v) is 5.52. The average Bonchev–Trinajstić information content (AvgIpc) is 3.25. The molecule has 0 atom stereocenters. The molecule has 0 bridgehead atoms. The van der Waals surface area contributed by atoms with E-state index in [1.54, 1.807) is 24.8 Å². The average molecular weight is 413 g/mol. The van der Waals surface area contributed by atoms with Gasteiger partial charge in [0.05, 0.1) is 18.2 Å². The zero-order valence-electron chi connectivity index (χ0n) is 17.2. The minimum Gasteiger partial charge on any atom is -0.354 e. The summed E-state index contributed by atoms with van der Waals surface area (Å²) in [6.07, 6.45) is 7.07. The fourth-order valence-corrected chi connectivity index (χ4v) is 3.82. The zero-order valence-corrected chi connectivity index (χ0v) is 17.2. The number of imidazole rings is 1. The Morgan fingerprint density at radius 3 is 2.71 bits per heavy atom. The second-order valence-corrected chi connectivity index (χ2v) is 7.62. The SMILES string of the molecule is Cn1cncc1-c1ccc2cnc(NC(=O)c3ccnc(N4CCNCC4)c3)cc2c1. The van der Waals surface area contributed by atoms with Crippen LogP contribution < -0.4 is 15.5 Å². The molecule has 0 unspecified atom stereocenters. The summed E-state index contributed by atoms with van der Waals surface area (Å²) >= 11 is 0. The minimum absolute atomic E-state index is 0.201. The molecule has 8 heteroatoms. The highest BCUT2D eigenvalue weighted by Gasteiger charge is 2.15. The quantitative estimate of drug-likeness (QED) is 0.535. The van der Waals surface area contributed by atoms with Crippen LogP contribution in [0.1, 0.15) is 10.4 Å². The van der Waals surface area contributed by atoms with Crippen LogP contribution in [0.25, 0.3) is 22.0 Å². The summed E-state index contributed by atoms with van der Waals surface area (Å²) in [6, 6.07) is 11.6. The number of anilines is 2. The maximum absolute atomic E-state index is 12.9. The highest BCUT2D eigenvalue weighted by atomic mass is 16.1. The maximum Gasteiger partial charge on any atom is 0.257 e. The van der Waals surface area contributed by atoms with Crippen LogP contribution in [-0.4, -0.2) is 51.6 Å². The van der Waals surface area contributed by atoms with Gasteiger partial charge in [-0.2, -0.15) is 0 Å². The molecule has 1 amide bonds. The maximum atomic E-state index is 12.9. The number of amides is 1. The Bertz CT molecular complexity index is 1240. The minimum atomic E-state index is -0.201. The third-order valence-electron chi connectivity index (χ3n) is 5.52. The van der Waals surface area contributed by atoms with Crippen molar-refractivity contribution in [2.45, 2.75) is 0 Å². The molecule has 4 heterocycles. The van der Waals surface area contributed by atoms with Gasteiger partial charge in [0.25, 0.3) is 5.91 Å². The van der Waals surface area contributed by atoms with Crippen LogP contribution in [0.15, 0.2) is 61.3 Å². The van der Waals surface area contributed by atoms with Crippen LogP contribution in [0.4, 0.5) is 11.6 Å². The van der Waals surface area contributed by atoms with Crippen molar-refractivity contribution in [3.05, 3.63) is 66.9 Å². The van der Waals surface area contributed by atoms with E-state index < -0.39 is 0 Å². The van der Waals surface area contributed by atoms with E-state index in [0.717, 1.165) is 54.0 Å². The van der Waals surface area contributed by atoms with Crippen LogP contribution in [0, 0.1) is 0 Å². The number of pyridine rings is 2. The van der Waals surface area contributed by atoms with Gasteiger partial charge in [-0.25, -0.2) is 15.0 Å². The molecular formula is C23H23N7O. The van der Waals surface area contributed by atoms with Crippen molar-refractivity contribution in [1.29, 1.82) is 0 Å². The number of aromatic nitrogens is 4. The second-order valence-electron chi connectivity index (χ2n) is 7.62. The van der Waals surface area contributed by atoms with E-state index in [-0.39, 0.29) is 5.91 Å². The Hall–Kier alpha value is -3.78. The molecule has 4 aromatic rings. The first-order valence-corrected chi connectivity index (χ1v) is 10.3. The molecule has 1 aromatic carbocycles. The number of benzene rings is 1. The van der Waals surface area contributed by atoms with Crippen molar-refractivity contribution in [2.24, 2.45) is 7.05 Å². The number of hydrogen-bond donors (Lipinski definition) is 2. The van der Waals surface area contributed by atoms with E-state index in [0.29, 0.717) is 11.4 Å². The van der Waals surface area contributed by atoms with Gasteiger partial charge in [0.15, 0.2) is 0 Å². The lowest BCUT2D eigenvalue weighted by Gasteiger charge is -2.28. The van der Waals surface area contributed by atoms with Crippen molar-refractivity contribution >= 4 is 28.3 Å². The molecule has 3 aromatic heterocycles. The van der Waals surface area contributed by atoms with Crippen molar-refractivity contribution in [2.75, 3.05) is 36.4 Å². The molecule has 1 saturated heterocycles. The second kappa shape index (κ2) is 8.16. The lowest BCUT2D eigenvalue weighted by molar-refractivity contribution is 0.102. The largest absolute Gasteiger partial charge is 0.354 e. The summed E-state index contributed by atoms with van der Waals surface area (Å²) in [6.45, 7) is 3.59. The van der Waals surface area contributed by atoms with Gasteiger partial charge in [0, 0.05) is 62.1 Å². The van der Waals surface area contributed by atoms with E-state index >= 15 is 0 Å². The van der Waals surface area contributed by atoms with Gasteiger partial charge >= 0.3 is 0 Å². The van der Waals surface area contributed by atoms with Crippen molar-refractivity contribution in [1.82, 2.24) is 24.8 Å². The number of hydrogen-bond acceptors (Lipinski definition) is 6. The summed E-state index contributed by atoms with van der Waals surface area (Å²) in [5.41, 5.74) is 2.65. The fourth-order valence-electron chi connectivity index (χ4n) is 3.82. The molecule has 0 radical (unpaired) electrons. The lowest BCUT2D eigenvalue weighted by Crippen LogP contribution is -2.43. The van der Waals surface area contributed by atoms with Gasteiger partial charge in [0.1, 0.15) is 11.6 Å². The van der Waals surface area contributed by atoms with E-state index in [2.05, 4.69) is 36.6 Å². The Labute approximate surface area is 180 Å². The molecule has 1 aliphatic rings. The summed E-state index contributed by atoms with van der Waals surface area (Å²) in [5.74, 6) is 1.13. The molecular weight excluding hydrogens is 390 g/mol. The molecule has 1 fully saturated rings. The zero-order chi connectivity index (χ0) is 21.2. The van der Waals surface area contributed by atoms with Crippen molar-refractivity contribution in [3.8, 4) is 11.3 Å². The molecule has 2 N–H and O–H groups in total. The number of rotatable bonds is 4. The highest BCUT2D eigenvalue weighted by molar-refractivity contribution is 6.05. The Morgan fingerprint density at radius 1 is 1.03 bits per heavy atom. The number of fused-ring (bicyclic) bond motifs is 1. The topological polar surface area (TPSA) is 88.0 Å². The monoisotopic (exact) mass is 413 g/mol. The Balaban J connectivity index is 1.38. The van der Waals surface area contributed by atoms with Crippen molar-refractivity contribution < 1.29 is 4.79 Å². The number of nitrogens with zero attached hydrogens (tertiary/aromatic N) is 5. The molecule has 1 aliphatic heterocycles. The molecule has 8 nitrogen and oxygen atoms in total. The first-order valence-electron chi connectivity index (χ1n) is 10.3. The third kappa shape index (κ3) is 3.97. The van der Waals surface area contributed by atoms with Gasteiger partial charge in [-0.3, -0.25) is 4.79 Å². The molecule has 0 spiro atoms. The molecule has 0 aliphatic carbocycles. The van der Waals surface area contributed by atoms with Gasteiger partial charge in [0.2, 0.25) is 0 Å². The predicted octanol–water partition coefficient (Wildman–Crippen LogP) is 2.69. The molecule has 5 rings (SSSR count). The summed E-state index contributed by atoms with van der Waals surface area (Å²) in [5, 5.41) is 8.25. The summed E-state index contributed by atoms with van der Waals surface area (Å²) in [4.78, 5) is 28.1. The number of carbonyl (C=O) groups excluding carboxylic acids is 1. The normalized spacial score (nSPS) is 14.0. The van der Waals surface area contributed by atoms with Crippen LogP contribution in [0.2, 0.25) is 0 Å². The summed E-state index contributed by atoms with van der Waals surface area (Å²) in [7, 11) is 1.97. The molecule has 0 saturated carbocycles. The van der Waals surface area contributed by atoms with Gasteiger partial charge < -0.3 is 20.1 Å². The van der Waals surface area contributed by atoms with Gasteiger partial charge in [-0.15, -0.1) is 0 Å². The van der Waals surface area contributed by atoms with Crippen LogP contribution in [-0.2, 0) is 7.05 Å². The number of carbonyl (C=O) groups is 1. The van der Waals surface area contributed by atoms with Crippen LogP contribution in [0.5, 0.6) is 0 Å². The Morgan fingerprint density at radius 2 is 1.90 bits per heavy atom. The number of piperazine rings is 1. The first-order chi connectivity index (χ1) is 15.2. The predicted molar refractivity (Wildman–Crippen MR) is 121 cm³/mol. The summed E-state index contributed by atoms with van der Waals surface area (Å²) < 4.78 is 1.98. The molecule has 31 heavy (non-hydrogen) atoms. The standard InChI is InChI=1S/C23H23N7O/c1-29-15-25-14-20(29)16-2-3-18-13-27-21(11-19(18)10-16)28-23(31)17-4-5-26-22(12-17)30-8-6-24-7-9-30/h2-5,10-15,24H,6-9H2,1H3,(H,27,28,31). The van der Waals surface area contributed by atoms with E-state index in [1.807, 2.05) is 42.1 Å². The first kappa shape index (κ1) is 19.2. The van der Waals surface area contributed by atoms with E-state index in [4.69, 9.17) is 0 Å². The van der Waals surface area contributed by atoms with E-state index in [1.165, 1.54) is 0 Å².